The molecule has 0 spiro atoms. The molecule has 13 heavy (non-hydrogen) atoms. The number of pyridine rings is 1. The molecule has 1 N–H and O–H groups in total. The van der Waals surface area contributed by atoms with Crippen LogP contribution < -0.4 is 0 Å². The fraction of sp³-hybridized carbons (Fsp3) is 0.444. The molecule has 1 heterocycles. The summed E-state index contributed by atoms with van der Waals surface area (Å²) in [5, 5.41) is 9.68. The van der Waals surface area contributed by atoms with Gasteiger partial charge in [0, 0.05) is 23.3 Å². The van der Waals surface area contributed by atoms with Gasteiger partial charge in [-0.3, -0.25) is 4.98 Å². The molecular formula is C9H13NOS2. The molecule has 1 aromatic heterocycles. The number of aryl methyl sites for hydroxylation is 1. The normalized spacial score (nSPS) is 10.4. The van der Waals surface area contributed by atoms with Gasteiger partial charge in [0.15, 0.2) is 0 Å². The third-order valence-electron chi connectivity index (χ3n) is 1.89. The van der Waals surface area contributed by atoms with Crippen LogP contribution in [0.25, 0.3) is 0 Å². The highest BCUT2D eigenvalue weighted by Gasteiger charge is 2.09. The summed E-state index contributed by atoms with van der Waals surface area (Å²) in [6.45, 7) is 1.80. The van der Waals surface area contributed by atoms with Crippen LogP contribution in [0.1, 0.15) is 16.8 Å². The second kappa shape index (κ2) is 4.77. The molecule has 0 fully saturated rings. The predicted molar refractivity (Wildman–Crippen MR) is 60.5 cm³/mol. The molecule has 0 amide bonds. The SMILES string of the molecule is CSCc1cnc(C)c(O)c1CS. The van der Waals surface area contributed by atoms with Gasteiger partial charge in [-0.1, -0.05) is 0 Å². The summed E-state index contributed by atoms with van der Waals surface area (Å²) in [4.78, 5) is 4.11. The van der Waals surface area contributed by atoms with E-state index in [1.807, 2.05) is 12.5 Å². The van der Waals surface area contributed by atoms with Crippen molar-refractivity contribution in [3.8, 4) is 5.75 Å². The number of hydrogen-bond acceptors (Lipinski definition) is 4. The summed E-state index contributed by atoms with van der Waals surface area (Å²) < 4.78 is 0. The molecule has 0 saturated carbocycles. The van der Waals surface area contributed by atoms with E-state index in [2.05, 4.69) is 17.6 Å². The summed E-state index contributed by atoms with van der Waals surface area (Å²) in [7, 11) is 0. The van der Waals surface area contributed by atoms with Crippen LogP contribution in [0.15, 0.2) is 6.20 Å². The zero-order valence-corrected chi connectivity index (χ0v) is 9.45. The van der Waals surface area contributed by atoms with Crippen molar-refractivity contribution < 1.29 is 5.11 Å². The fourth-order valence-corrected chi connectivity index (χ4v) is 2.05. The number of hydrogen-bond donors (Lipinski definition) is 2. The minimum Gasteiger partial charge on any atom is -0.506 e. The highest BCUT2D eigenvalue weighted by molar-refractivity contribution is 7.97. The number of rotatable bonds is 3. The Balaban J connectivity index is 3.13. The van der Waals surface area contributed by atoms with Crippen molar-refractivity contribution in [2.24, 2.45) is 0 Å². The van der Waals surface area contributed by atoms with Crippen molar-refractivity contribution in [1.29, 1.82) is 0 Å². The molecule has 72 valence electrons. The summed E-state index contributed by atoms with van der Waals surface area (Å²) in [5.74, 6) is 1.73. The maximum absolute atomic E-state index is 9.68. The fourth-order valence-electron chi connectivity index (χ4n) is 1.14. The molecule has 2 nitrogen and oxygen atoms in total. The second-order valence-electron chi connectivity index (χ2n) is 2.79. The van der Waals surface area contributed by atoms with Gasteiger partial charge in [-0.25, -0.2) is 0 Å². The second-order valence-corrected chi connectivity index (χ2v) is 3.97. The zero-order chi connectivity index (χ0) is 9.84. The lowest BCUT2D eigenvalue weighted by Gasteiger charge is -2.09. The molecule has 4 heteroatoms. The van der Waals surface area contributed by atoms with Crippen molar-refractivity contribution >= 4 is 24.4 Å². The molecule has 0 unspecified atom stereocenters. The Labute approximate surface area is 88.2 Å². The third kappa shape index (κ3) is 2.31. The first-order chi connectivity index (χ1) is 6.20. The number of aromatic nitrogens is 1. The molecule has 0 saturated heterocycles. The Morgan fingerprint density at radius 2 is 2.31 bits per heavy atom. The van der Waals surface area contributed by atoms with Crippen LogP contribution in [0, 0.1) is 6.92 Å². The summed E-state index contributed by atoms with van der Waals surface area (Å²) in [6, 6.07) is 0. The molecule has 0 radical (unpaired) electrons. The van der Waals surface area contributed by atoms with Crippen molar-refractivity contribution in [2.75, 3.05) is 6.26 Å². The molecule has 0 bridgehead atoms. The maximum atomic E-state index is 9.68. The van der Waals surface area contributed by atoms with E-state index in [0.717, 1.165) is 16.9 Å². The Bertz CT molecular complexity index is 302. The van der Waals surface area contributed by atoms with Crippen LogP contribution in [-0.2, 0) is 11.5 Å². The van der Waals surface area contributed by atoms with Gasteiger partial charge in [-0.2, -0.15) is 24.4 Å². The van der Waals surface area contributed by atoms with E-state index >= 15 is 0 Å². The lowest BCUT2D eigenvalue weighted by molar-refractivity contribution is 0.462. The Morgan fingerprint density at radius 1 is 1.62 bits per heavy atom. The average Bonchev–Trinajstić information content (AvgIpc) is 2.12. The van der Waals surface area contributed by atoms with Gasteiger partial charge in [0.25, 0.3) is 0 Å². The van der Waals surface area contributed by atoms with E-state index in [1.54, 1.807) is 18.7 Å². The van der Waals surface area contributed by atoms with Crippen molar-refractivity contribution in [3.63, 3.8) is 0 Å². The van der Waals surface area contributed by atoms with Gasteiger partial charge < -0.3 is 5.11 Å². The monoisotopic (exact) mass is 215 g/mol. The van der Waals surface area contributed by atoms with E-state index in [1.165, 1.54) is 0 Å². The molecule has 0 aliphatic heterocycles. The smallest absolute Gasteiger partial charge is 0.141 e. The van der Waals surface area contributed by atoms with E-state index in [4.69, 9.17) is 0 Å². The first-order valence-electron chi connectivity index (χ1n) is 3.96. The molecule has 0 aromatic carbocycles. The molecule has 1 aromatic rings. The van der Waals surface area contributed by atoms with E-state index in [9.17, 15) is 5.11 Å². The Hall–Kier alpha value is -0.350. The minimum absolute atomic E-state index is 0.293. The van der Waals surface area contributed by atoms with E-state index in [-0.39, 0.29) is 0 Å². The van der Waals surface area contributed by atoms with Crippen LogP contribution in [0.3, 0.4) is 0 Å². The summed E-state index contributed by atoms with van der Waals surface area (Å²) in [5.41, 5.74) is 2.66. The van der Waals surface area contributed by atoms with Crippen molar-refractivity contribution in [1.82, 2.24) is 4.98 Å². The van der Waals surface area contributed by atoms with Gasteiger partial charge in [0.2, 0.25) is 0 Å². The van der Waals surface area contributed by atoms with Crippen LogP contribution in [0.2, 0.25) is 0 Å². The molecule has 0 aliphatic rings. The first kappa shape index (κ1) is 10.7. The van der Waals surface area contributed by atoms with Gasteiger partial charge in [0.1, 0.15) is 5.75 Å². The highest BCUT2D eigenvalue weighted by Crippen LogP contribution is 2.27. The quantitative estimate of drug-likeness (QED) is 0.760. The molecule has 1 rings (SSSR count). The van der Waals surface area contributed by atoms with Gasteiger partial charge in [0.05, 0.1) is 5.69 Å². The van der Waals surface area contributed by atoms with Crippen molar-refractivity contribution in [3.05, 3.63) is 23.0 Å². The van der Waals surface area contributed by atoms with Gasteiger partial charge in [-0.05, 0) is 18.7 Å². The standard InChI is InChI=1S/C9H13NOS2/c1-6-9(11)8(4-12)7(3-10-6)5-13-2/h3,11-12H,4-5H2,1-2H3. The Morgan fingerprint density at radius 3 is 2.85 bits per heavy atom. The lowest BCUT2D eigenvalue weighted by atomic mass is 10.1. The van der Waals surface area contributed by atoms with Gasteiger partial charge >= 0.3 is 0 Å². The topological polar surface area (TPSA) is 33.1 Å². The van der Waals surface area contributed by atoms with Crippen LogP contribution in [0.5, 0.6) is 5.75 Å². The lowest BCUT2D eigenvalue weighted by Crippen LogP contribution is -1.95. The van der Waals surface area contributed by atoms with E-state index in [0.29, 0.717) is 17.2 Å². The Kier molecular flexibility index (Phi) is 3.93. The molecular weight excluding hydrogens is 202 g/mol. The van der Waals surface area contributed by atoms with Crippen LogP contribution in [-0.4, -0.2) is 16.3 Å². The number of nitrogens with zero attached hydrogens (tertiary/aromatic N) is 1. The highest BCUT2D eigenvalue weighted by atomic mass is 32.2. The predicted octanol–water partition coefficient (Wildman–Crippen LogP) is 2.39. The average molecular weight is 215 g/mol. The first-order valence-corrected chi connectivity index (χ1v) is 5.99. The minimum atomic E-state index is 0.293. The van der Waals surface area contributed by atoms with Gasteiger partial charge in [-0.15, -0.1) is 0 Å². The maximum Gasteiger partial charge on any atom is 0.141 e. The van der Waals surface area contributed by atoms with Crippen LogP contribution >= 0.6 is 24.4 Å². The molecule has 0 aliphatic carbocycles. The number of thiol groups is 1. The van der Waals surface area contributed by atoms with Crippen LogP contribution in [0.4, 0.5) is 0 Å². The van der Waals surface area contributed by atoms with Crippen molar-refractivity contribution in [2.45, 2.75) is 18.4 Å². The number of aromatic hydroxyl groups is 1. The summed E-state index contributed by atoms with van der Waals surface area (Å²) >= 11 is 5.91. The van der Waals surface area contributed by atoms with E-state index < -0.39 is 0 Å². The summed E-state index contributed by atoms with van der Waals surface area (Å²) in [6.07, 6.45) is 3.84. The number of thioether (sulfide) groups is 1. The third-order valence-corrected chi connectivity index (χ3v) is 2.80. The zero-order valence-electron chi connectivity index (χ0n) is 7.74. The molecule has 0 atom stereocenters. The largest absolute Gasteiger partial charge is 0.506 e.